The number of carbonyl (C=O) groups excluding carboxylic acids is 1. The van der Waals surface area contributed by atoms with E-state index in [2.05, 4.69) is 10.3 Å². The predicted molar refractivity (Wildman–Crippen MR) is 76.6 cm³/mol. The highest BCUT2D eigenvalue weighted by atomic mass is 19.4. The van der Waals surface area contributed by atoms with E-state index in [0.717, 1.165) is 17.7 Å². The Morgan fingerprint density at radius 3 is 2.73 bits per heavy atom. The van der Waals surface area contributed by atoms with Gasteiger partial charge in [0.2, 0.25) is 5.91 Å². The van der Waals surface area contributed by atoms with Crippen molar-refractivity contribution in [2.24, 2.45) is 0 Å². The summed E-state index contributed by atoms with van der Waals surface area (Å²) in [6.45, 7) is 0.305. The van der Waals surface area contributed by atoms with E-state index in [4.69, 9.17) is 0 Å². The van der Waals surface area contributed by atoms with E-state index in [1.54, 1.807) is 18.5 Å². The number of nitrogens with zero attached hydrogens (tertiary/aromatic N) is 1. The molecule has 3 nitrogen and oxygen atoms in total. The smallest absolute Gasteiger partial charge is 0.348 e. The molecule has 114 valence electrons. The van der Waals surface area contributed by atoms with Crippen LogP contribution < -0.4 is 5.32 Å². The number of pyridine rings is 1. The van der Waals surface area contributed by atoms with Crippen LogP contribution in [0.25, 0.3) is 6.08 Å². The molecule has 0 saturated heterocycles. The molecule has 2 aromatic rings. The van der Waals surface area contributed by atoms with Crippen molar-refractivity contribution in [2.75, 3.05) is 0 Å². The first-order valence-electron chi connectivity index (χ1n) is 6.47. The molecule has 6 heteroatoms. The number of nitrogens with one attached hydrogen (secondary N) is 1. The zero-order chi connectivity index (χ0) is 16.0. The van der Waals surface area contributed by atoms with Crippen LogP contribution in [-0.4, -0.2) is 10.9 Å². The van der Waals surface area contributed by atoms with Crippen molar-refractivity contribution in [3.8, 4) is 0 Å². The van der Waals surface area contributed by atoms with E-state index in [-0.39, 0.29) is 5.91 Å². The monoisotopic (exact) mass is 306 g/mol. The van der Waals surface area contributed by atoms with Crippen molar-refractivity contribution in [2.45, 2.75) is 12.7 Å². The highest BCUT2D eigenvalue weighted by Crippen LogP contribution is 2.29. The Hall–Kier alpha value is -2.63. The second kappa shape index (κ2) is 6.89. The lowest BCUT2D eigenvalue weighted by Gasteiger charge is -2.06. The molecule has 1 heterocycles. The lowest BCUT2D eigenvalue weighted by atomic mass is 10.1. The molecule has 1 amide bonds. The molecule has 0 fully saturated rings. The van der Waals surface area contributed by atoms with E-state index in [1.807, 2.05) is 6.07 Å². The quantitative estimate of drug-likeness (QED) is 0.879. The summed E-state index contributed by atoms with van der Waals surface area (Å²) >= 11 is 0. The van der Waals surface area contributed by atoms with Crippen molar-refractivity contribution in [1.82, 2.24) is 10.3 Å². The molecule has 0 atom stereocenters. The molecular formula is C16H13F3N2O. The fraction of sp³-hybridized carbons (Fsp3) is 0.125. The maximum Gasteiger partial charge on any atom is 0.416 e. The topological polar surface area (TPSA) is 42.0 Å². The lowest BCUT2D eigenvalue weighted by Crippen LogP contribution is -2.20. The Bertz CT molecular complexity index is 667. The Morgan fingerprint density at radius 2 is 2.05 bits per heavy atom. The highest BCUT2D eigenvalue weighted by Gasteiger charge is 2.30. The van der Waals surface area contributed by atoms with Gasteiger partial charge in [-0.2, -0.15) is 13.2 Å². The minimum atomic E-state index is -4.40. The maximum atomic E-state index is 12.6. The van der Waals surface area contributed by atoms with Gasteiger partial charge in [0.05, 0.1) is 5.56 Å². The first-order chi connectivity index (χ1) is 10.4. The van der Waals surface area contributed by atoms with Gasteiger partial charge in [-0.3, -0.25) is 9.78 Å². The first kappa shape index (κ1) is 15.8. The van der Waals surface area contributed by atoms with Crippen LogP contribution in [0.2, 0.25) is 0 Å². The number of hydrogen-bond donors (Lipinski definition) is 1. The van der Waals surface area contributed by atoms with Crippen LogP contribution >= 0.6 is 0 Å². The second-order valence-electron chi connectivity index (χ2n) is 4.54. The van der Waals surface area contributed by atoms with Gasteiger partial charge in [-0.1, -0.05) is 18.2 Å². The number of alkyl halides is 3. The molecule has 0 aliphatic heterocycles. The van der Waals surface area contributed by atoms with Crippen LogP contribution in [0.3, 0.4) is 0 Å². The molecule has 0 aliphatic carbocycles. The normalized spacial score (nSPS) is 11.6. The molecule has 22 heavy (non-hydrogen) atoms. The predicted octanol–water partition coefficient (Wildman–Crippen LogP) is 3.43. The average Bonchev–Trinajstić information content (AvgIpc) is 2.51. The third-order valence-corrected chi connectivity index (χ3v) is 2.83. The van der Waals surface area contributed by atoms with E-state index < -0.39 is 11.7 Å². The summed E-state index contributed by atoms with van der Waals surface area (Å²) < 4.78 is 37.7. The summed E-state index contributed by atoms with van der Waals surface area (Å²) in [5.41, 5.74) is 0.403. The minimum Gasteiger partial charge on any atom is -0.348 e. The summed E-state index contributed by atoms with van der Waals surface area (Å²) in [6.07, 6.45) is 1.39. The molecule has 0 aliphatic rings. The van der Waals surface area contributed by atoms with E-state index in [1.165, 1.54) is 24.3 Å². The van der Waals surface area contributed by atoms with Gasteiger partial charge in [-0.25, -0.2) is 0 Å². The Balaban J connectivity index is 1.95. The number of amides is 1. The van der Waals surface area contributed by atoms with Crippen LogP contribution in [0.1, 0.15) is 16.7 Å². The van der Waals surface area contributed by atoms with Gasteiger partial charge in [0.1, 0.15) is 0 Å². The summed E-state index contributed by atoms with van der Waals surface area (Å²) in [7, 11) is 0. The van der Waals surface area contributed by atoms with Crippen LogP contribution in [0.5, 0.6) is 0 Å². The third-order valence-electron chi connectivity index (χ3n) is 2.83. The molecule has 0 saturated carbocycles. The number of halogens is 3. The lowest BCUT2D eigenvalue weighted by molar-refractivity contribution is -0.137. The number of rotatable bonds is 4. The summed E-state index contributed by atoms with van der Waals surface area (Å²) in [5.74, 6) is -0.388. The van der Waals surface area contributed by atoms with Crippen LogP contribution in [-0.2, 0) is 17.5 Å². The van der Waals surface area contributed by atoms with Crippen LogP contribution in [0.4, 0.5) is 13.2 Å². The molecule has 1 aromatic heterocycles. The molecule has 0 radical (unpaired) electrons. The van der Waals surface area contributed by atoms with Crippen molar-refractivity contribution in [3.05, 3.63) is 71.6 Å². The maximum absolute atomic E-state index is 12.6. The molecular weight excluding hydrogens is 293 g/mol. The zero-order valence-corrected chi connectivity index (χ0v) is 11.5. The molecule has 0 bridgehead atoms. The van der Waals surface area contributed by atoms with Gasteiger partial charge < -0.3 is 5.32 Å². The zero-order valence-electron chi connectivity index (χ0n) is 11.5. The van der Waals surface area contributed by atoms with Crippen LogP contribution in [0, 0.1) is 0 Å². The number of hydrogen-bond acceptors (Lipinski definition) is 2. The SMILES string of the molecule is O=C(/C=C/c1cccc(C(F)(F)F)c1)NCc1cccnc1. The van der Waals surface area contributed by atoms with Crippen LogP contribution in [0.15, 0.2) is 54.9 Å². The Morgan fingerprint density at radius 1 is 1.23 bits per heavy atom. The fourth-order valence-electron chi connectivity index (χ4n) is 1.74. The largest absolute Gasteiger partial charge is 0.416 e. The molecule has 2 rings (SSSR count). The van der Waals surface area contributed by atoms with Gasteiger partial charge >= 0.3 is 6.18 Å². The molecule has 1 aromatic carbocycles. The molecule has 0 spiro atoms. The third kappa shape index (κ3) is 4.73. The minimum absolute atomic E-state index is 0.305. The van der Waals surface area contributed by atoms with E-state index >= 15 is 0 Å². The fourth-order valence-corrected chi connectivity index (χ4v) is 1.74. The van der Waals surface area contributed by atoms with Gasteiger partial charge in [0, 0.05) is 25.0 Å². The van der Waals surface area contributed by atoms with Crippen molar-refractivity contribution in [1.29, 1.82) is 0 Å². The van der Waals surface area contributed by atoms with Gasteiger partial charge in [0.25, 0.3) is 0 Å². The van der Waals surface area contributed by atoms with Gasteiger partial charge in [0.15, 0.2) is 0 Å². The number of carbonyl (C=O) groups is 1. The highest BCUT2D eigenvalue weighted by molar-refractivity contribution is 5.91. The summed E-state index contributed by atoms with van der Waals surface area (Å²) in [6, 6.07) is 8.34. The second-order valence-corrected chi connectivity index (χ2v) is 4.54. The average molecular weight is 306 g/mol. The van der Waals surface area contributed by atoms with E-state index in [9.17, 15) is 18.0 Å². The molecule has 0 unspecified atom stereocenters. The van der Waals surface area contributed by atoms with Gasteiger partial charge in [-0.15, -0.1) is 0 Å². The number of benzene rings is 1. The summed E-state index contributed by atoms with van der Waals surface area (Å²) in [4.78, 5) is 15.5. The first-order valence-corrected chi connectivity index (χ1v) is 6.47. The molecule has 1 N–H and O–H groups in total. The summed E-state index contributed by atoms with van der Waals surface area (Å²) in [5, 5.41) is 2.63. The Labute approximate surface area is 125 Å². The van der Waals surface area contributed by atoms with Crippen molar-refractivity contribution >= 4 is 12.0 Å². The van der Waals surface area contributed by atoms with Crippen molar-refractivity contribution in [3.63, 3.8) is 0 Å². The van der Waals surface area contributed by atoms with E-state index in [0.29, 0.717) is 12.1 Å². The number of aromatic nitrogens is 1. The Kier molecular flexibility index (Phi) is 4.93. The van der Waals surface area contributed by atoms with Gasteiger partial charge in [-0.05, 0) is 35.4 Å². The van der Waals surface area contributed by atoms with Crippen molar-refractivity contribution < 1.29 is 18.0 Å². The standard InChI is InChI=1S/C16H13F3N2O/c17-16(18,19)14-5-1-3-12(9-14)6-7-15(22)21-11-13-4-2-8-20-10-13/h1-10H,11H2,(H,21,22)/b7-6+.